The number of aryl methyl sites for hydroxylation is 2. The number of carbonyl (C=O) groups is 2. The van der Waals surface area contributed by atoms with Crippen molar-refractivity contribution in [2.75, 3.05) is 36.9 Å². The van der Waals surface area contributed by atoms with Crippen LogP contribution in [-0.4, -0.2) is 80.6 Å². The molecule has 1 fully saturated rings. The summed E-state index contributed by atoms with van der Waals surface area (Å²) in [7, 11) is 0. The third kappa shape index (κ3) is 7.89. The summed E-state index contributed by atoms with van der Waals surface area (Å²) in [6.45, 7) is 7.70. The molecular formula is C47H46N10O5S2. The van der Waals surface area contributed by atoms with Crippen molar-refractivity contribution in [3.63, 3.8) is 0 Å². The van der Waals surface area contributed by atoms with E-state index in [2.05, 4.69) is 58.8 Å². The van der Waals surface area contributed by atoms with Crippen molar-refractivity contribution in [2.45, 2.75) is 71.9 Å². The average molecular weight is 895 g/mol. The smallest absolute Gasteiger partial charge is 0.306 e. The molecule has 3 aliphatic heterocycles. The summed E-state index contributed by atoms with van der Waals surface area (Å²) in [6.07, 6.45) is 12.0. The van der Waals surface area contributed by atoms with Gasteiger partial charge in [-0.15, -0.1) is 22.7 Å². The topological polar surface area (TPSA) is 200 Å². The van der Waals surface area contributed by atoms with Crippen LogP contribution >= 0.6 is 22.7 Å². The number of nitrogens with one attached hydrogen (secondary N) is 2. The van der Waals surface area contributed by atoms with Gasteiger partial charge < -0.3 is 30.1 Å². The van der Waals surface area contributed by atoms with Gasteiger partial charge in [0, 0.05) is 41.2 Å². The summed E-state index contributed by atoms with van der Waals surface area (Å²) in [5, 5.41) is 27.6. The molecule has 1 amide bonds. The van der Waals surface area contributed by atoms with Crippen LogP contribution in [0.15, 0.2) is 46.9 Å². The normalized spacial score (nSPS) is 19.0. The Hall–Kier alpha value is -6.51. The lowest BCUT2D eigenvalue weighted by Crippen LogP contribution is -2.36. The molecule has 4 aromatic heterocycles. The molecule has 1 saturated heterocycles. The first-order valence-electron chi connectivity index (χ1n) is 21.8. The number of ether oxygens (including phenoxy) is 2. The number of amides is 1. The van der Waals surface area contributed by atoms with E-state index in [1.807, 2.05) is 43.3 Å². The average Bonchev–Trinajstić information content (AvgIpc) is 4.16. The summed E-state index contributed by atoms with van der Waals surface area (Å²) >= 11 is 3.23. The lowest BCUT2D eigenvalue weighted by Gasteiger charge is -2.26. The van der Waals surface area contributed by atoms with Crippen LogP contribution in [0.1, 0.15) is 76.2 Å². The van der Waals surface area contributed by atoms with Gasteiger partial charge in [-0.05, 0) is 116 Å². The number of nitrogens with zero attached hydrogens (tertiary/aromatic N) is 8. The minimum atomic E-state index is -0.723. The number of rotatable bonds is 10. The second kappa shape index (κ2) is 17.6. The summed E-state index contributed by atoms with van der Waals surface area (Å²) in [4.78, 5) is 57.4. The fourth-order valence-corrected chi connectivity index (χ4v) is 12.0. The van der Waals surface area contributed by atoms with Gasteiger partial charge in [-0.1, -0.05) is 0 Å². The molecule has 3 atom stereocenters. The van der Waals surface area contributed by atoms with E-state index in [-0.39, 0.29) is 23.7 Å². The third-order valence-electron chi connectivity index (χ3n) is 12.6. The molecule has 0 radical (unpaired) electrons. The maximum atomic E-state index is 13.1. The number of aliphatic carboxylic acids is 1. The maximum absolute atomic E-state index is 13.1. The van der Waals surface area contributed by atoms with Gasteiger partial charge in [0.15, 0.2) is 0 Å². The van der Waals surface area contributed by atoms with Crippen molar-refractivity contribution in [2.24, 2.45) is 27.7 Å². The molecule has 3 unspecified atom stereocenters. The standard InChI is InChI=1S/C26H26N6O2S.C21H20N4O3S/c1-2-34-21-8-18-12-28-11-17(18)7-20(21)31-24-23-19-4-3-16(9-22(19)35-25(23)30-14-29-24)26(33)32-6-5-15(10-27)13-32;1-2-28-16-6-13-9-22-8-12(13)5-15(16)25-19-18-14-4-3-11(21(26)27)7-17(14)29-20(18)24-10-23-19/h7-8,11,14-16H,2-6,9,12-13H2,1H3,(H,29,30,31);5-6,8,10-11H,2-4,7,9H2,1H3,(H,26,27)(H,23,24,25). The molecule has 0 spiro atoms. The van der Waals surface area contributed by atoms with Crippen LogP contribution in [0.2, 0.25) is 0 Å². The number of thiophene rings is 2. The van der Waals surface area contributed by atoms with Crippen molar-refractivity contribution in [1.29, 1.82) is 5.26 Å². The first-order valence-corrected chi connectivity index (χ1v) is 23.5. The molecule has 17 heteroatoms. The zero-order valence-corrected chi connectivity index (χ0v) is 37.2. The van der Waals surface area contributed by atoms with Crippen LogP contribution in [0.4, 0.5) is 23.0 Å². The zero-order valence-electron chi connectivity index (χ0n) is 35.5. The van der Waals surface area contributed by atoms with Crippen molar-refractivity contribution in [3.8, 4) is 17.6 Å². The number of carboxylic acids is 1. The largest absolute Gasteiger partial charge is 0.492 e. The number of aliphatic imine (C=N–C) groups is 2. The van der Waals surface area contributed by atoms with E-state index in [4.69, 9.17) is 9.47 Å². The Morgan fingerprint density at radius 2 is 1.31 bits per heavy atom. The van der Waals surface area contributed by atoms with E-state index < -0.39 is 5.97 Å². The molecule has 2 aromatic carbocycles. The number of carbonyl (C=O) groups excluding carboxylic acids is 1. The van der Waals surface area contributed by atoms with Gasteiger partial charge in [-0.25, -0.2) is 19.9 Å². The number of hydrogen-bond donors (Lipinski definition) is 3. The minimum Gasteiger partial charge on any atom is -0.492 e. The van der Waals surface area contributed by atoms with Crippen LogP contribution in [-0.2, 0) is 48.4 Å². The number of carboxylic acid groups (broad SMARTS) is 1. The second-order valence-electron chi connectivity index (χ2n) is 16.6. The predicted octanol–water partition coefficient (Wildman–Crippen LogP) is 8.20. The van der Waals surface area contributed by atoms with Crippen LogP contribution < -0.4 is 20.1 Å². The fraction of sp³-hybridized carbons (Fsp3) is 0.383. The van der Waals surface area contributed by atoms with Gasteiger partial charge >= 0.3 is 5.97 Å². The molecule has 11 rings (SSSR count). The minimum absolute atomic E-state index is 0.0293. The van der Waals surface area contributed by atoms with E-state index in [0.717, 1.165) is 114 Å². The van der Waals surface area contributed by atoms with Gasteiger partial charge in [0.25, 0.3) is 0 Å². The van der Waals surface area contributed by atoms with Crippen molar-refractivity contribution in [1.82, 2.24) is 24.8 Å². The van der Waals surface area contributed by atoms with E-state index >= 15 is 0 Å². The summed E-state index contributed by atoms with van der Waals surface area (Å²) in [6, 6.07) is 10.5. The van der Waals surface area contributed by atoms with Gasteiger partial charge in [-0.3, -0.25) is 19.6 Å². The molecule has 5 aliphatic rings. The van der Waals surface area contributed by atoms with Crippen molar-refractivity contribution in [3.05, 3.63) is 80.1 Å². The van der Waals surface area contributed by atoms with Gasteiger partial charge in [-0.2, -0.15) is 5.26 Å². The Kier molecular flexibility index (Phi) is 11.4. The molecule has 64 heavy (non-hydrogen) atoms. The van der Waals surface area contributed by atoms with E-state index in [9.17, 15) is 20.0 Å². The first-order chi connectivity index (χ1) is 31.3. The number of benzene rings is 2. The summed E-state index contributed by atoms with van der Waals surface area (Å²) < 4.78 is 11.8. The maximum Gasteiger partial charge on any atom is 0.306 e. The molecular weight excluding hydrogens is 849 g/mol. The number of hydrogen-bond acceptors (Lipinski definition) is 15. The Morgan fingerprint density at radius 3 is 1.81 bits per heavy atom. The fourth-order valence-electron chi connectivity index (χ4n) is 9.43. The Morgan fingerprint density at radius 1 is 0.781 bits per heavy atom. The Labute approximate surface area is 377 Å². The molecule has 6 aromatic rings. The van der Waals surface area contributed by atoms with Crippen LogP contribution in [0, 0.1) is 29.1 Å². The van der Waals surface area contributed by atoms with Gasteiger partial charge in [0.1, 0.15) is 45.5 Å². The number of nitriles is 1. The van der Waals surface area contributed by atoms with Crippen molar-refractivity contribution >= 4 is 90.4 Å². The highest BCUT2D eigenvalue weighted by Gasteiger charge is 2.35. The lowest BCUT2D eigenvalue weighted by atomic mass is 9.87. The number of aromatic nitrogens is 4. The van der Waals surface area contributed by atoms with Crippen LogP contribution in [0.5, 0.6) is 11.5 Å². The van der Waals surface area contributed by atoms with E-state index in [0.29, 0.717) is 52.2 Å². The van der Waals surface area contributed by atoms with E-state index in [1.54, 1.807) is 35.3 Å². The summed E-state index contributed by atoms with van der Waals surface area (Å²) in [5.41, 5.74) is 8.62. The quantitative estimate of drug-likeness (QED) is 0.119. The molecule has 0 bridgehead atoms. The van der Waals surface area contributed by atoms with Gasteiger partial charge in [0.2, 0.25) is 5.91 Å². The van der Waals surface area contributed by atoms with Crippen LogP contribution in [0.3, 0.4) is 0 Å². The molecule has 7 heterocycles. The third-order valence-corrected chi connectivity index (χ3v) is 15.0. The van der Waals surface area contributed by atoms with Crippen molar-refractivity contribution < 1.29 is 24.2 Å². The summed E-state index contributed by atoms with van der Waals surface area (Å²) in [5.74, 6) is 2.16. The van der Waals surface area contributed by atoms with E-state index in [1.165, 1.54) is 16.0 Å². The molecule has 2 aliphatic carbocycles. The Balaban J connectivity index is 0.000000154. The highest BCUT2D eigenvalue weighted by Crippen LogP contribution is 2.44. The lowest BCUT2D eigenvalue weighted by molar-refractivity contribution is -0.142. The number of likely N-dealkylation sites (tertiary alicyclic amines) is 1. The molecule has 0 saturated carbocycles. The molecule has 326 valence electrons. The molecule has 3 N–H and O–H groups in total. The second-order valence-corrected chi connectivity index (χ2v) is 18.7. The monoisotopic (exact) mass is 894 g/mol. The number of anilines is 4. The predicted molar refractivity (Wildman–Crippen MR) is 248 cm³/mol. The Bertz CT molecular complexity index is 2940. The SMILES string of the molecule is CCOc1cc2c(cc1Nc1ncnc3sc4c(c13)CCC(C(=O)N1CCC(C#N)C1)C4)C=NC2.CCOc1cc2c(cc1Nc1ncnc3sc4c(c13)CCC(C(=O)O)C4)C=NC2. The molecule has 15 nitrogen and oxygen atoms in total. The first kappa shape index (κ1) is 41.5. The van der Waals surface area contributed by atoms with Gasteiger partial charge in [0.05, 0.1) is 66.4 Å². The highest BCUT2D eigenvalue weighted by molar-refractivity contribution is 7.19. The van der Waals surface area contributed by atoms with Crippen LogP contribution in [0.25, 0.3) is 20.4 Å². The highest BCUT2D eigenvalue weighted by atomic mass is 32.1. The number of fused-ring (bicyclic) bond motifs is 8. The zero-order chi connectivity index (χ0) is 43.9.